The summed E-state index contributed by atoms with van der Waals surface area (Å²) in [5, 5.41) is 35.9. The summed E-state index contributed by atoms with van der Waals surface area (Å²) in [6, 6.07) is 4.40. The van der Waals surface area contributed by atoms with Crippen LogP contribution in [0.15, 0.2) is 18.3 Å². The second-order valence-electron chi connectivity index (χ2n) is 5.26. The first-order chi connectivity index (χ1) is 11.3. The Bertz CT molecular complexity index is 528. The fourth-order valence-corrected chi connectivity index (χ4v) is 1.98. The minimum absolute atomic E-state index is 0.523. The monoisotopic (exact) mass is 342 g/mol. The number of ether oxygens (including phenoxy) is 1. The molecule has 2 heterocycles. The van der Waals surface area contributed by atoms with Crippen molar-refractivity contribution in [1.82, 2.24) is 10.3 Å². The zero-order valence-corrected chi connectivity index (χ0v) is 13.3. The Labute approximate surface area is 138 Å². The average molecular weight is 342 g/mol. The molecule has 2 unspecified atom stereocenters. The molecule has 134 valence electrons. The number of nitrogens with one attached hydrogen (secondary N) is 1. The molecule has 1 fully saturated rings. The van der Waals surface area contributed by atoms with Gasteiger partial charge in [0.2, 0.25) is 0 Å². The third-order valence-corrected chi connectivity index (χ3v) is 3.37. The SMILES string of the molecule is Cc1ncccc1OC[C@@H]1CCCN1.O=C(O)C(O)C(O)C(=O)O. The summed E-state index contributed by atoms with van der Waals surface area (Å²) in [4.78, 5) is 23.7. The van der Waals surface area contributed by atoms with Crippen LogP contribution in [0.25, 0.3) is 0 Å². The van der Waals surface area contributed by atoms with Gasteiger partial charge in [-0.1, -0.05) is 0 Å². The van der Waals surface area contributed by atoms with E-state index in [9.17, 15) is 9.59 Å². The Balaban J connectivity index is 0.000000257. The van der Waals surface area contributed by atoms with Crippen LogP contribution in [0.5, 0.6) is 5.75 Å². The van der Waals surface area contributed by atoms with Crippen molar-refractivity contribution in [2.24, 2.45) is 0 Å². The Hall–Kier alpha value is -2.23. The van der Waals surface area contributed by atoms with Gasteiger partial charge in [-0.25, -0.2) is 9.59 Å². The molecule has 1 aromatic rings. The number of aromatic nitrogens is 1. The number of nitrogens with zero attached hydrogens (tertiary/aromatic N) is 1. The van der Waals surface area contributed by atoms with Crippen molar-refractivity contribution in [2.75, 3.05) is 13.2 Å². The van der Waals surface area contributed by atoms with E-state index in [1.165, 1.54) is 12.8 Å². The van der Waals surface area contributed by atoms with Gasteiger partial charge in [-0.2, -0.15) is 0 Å². The number of hydrogen-bond acceptors (Lipinski definition) is 7. The van der Waals surface area contributed by atoms with E-state index in [1.807, 2.05) is 19.1 Å². The van der Waals surface area contributed by atoms with Crippen LogP contribution in [-0.2, 0) is 9.59 Å². The molecule has 0 saturated carbocycles. The average Bonchev–Trinajstić information content (AvgIpc) is 3.06. The van der Waals surface area contributed by atoms with Gasteiger partial charge in [-0.15, -0.1) is 0 Å². The molecule has 24 heavy (non-hydrogen) atoms. The third kappa shape index (κ3) is 6.49. The third-order valence-electron chi connectivity index (χ3n) is 3.37. The lowest BCUT2D eigenvalue weighted by atomic mass is 10.2. The summed E-state index contributed by atoms with van der Waals surface area (Å²) in [5.41, 5.74) is 0.963. The smallest absolute Gasteiger partial charge is 0.335 e. The number of carboxylic acid groups (broad SMARTS) is 2. The molecule has 5 N–H and O–H groups in total. The van der Waals surface area contributed by atoms with E-state index in [1.54, 1.807) is 6.20 Å². The van der Waals surface area contributed by atoms with Crippen molar-refractivity contribution in [2.45, 2.75) is 38.0 Å². The van der Waals surface area contributed by atoms with E-state index >= 15 is 0 Å². The van der Waals surface area contributed by atoms with Crippen molar-refractivity contribution in [3.05, 3.63) is 24.0 Å². The van der Waals surface area contributed by atoms with Gasteiger partial charge in [0.15, 0.2) is 12.2 Å². The normalized spacial score (nSPS) is 18.9. The lowest BCUT2D eigenvalue weighted by Gasteiger charge is -2.12. The van der Waals surface area contributed by atoms with Crippen molar-refractivity contribution in [3.63, 3.8) is 0 Å². The summed E-state index contributed by atoms with van der Waals surface area (Å²) < 4.78 is 5.70. The fraction of sp³-hybridized carbons (Fsp3) is 0.533. The van der Waals surface area contributed by atoms with Crippen LogP contribution in [0.3, 0.4) is 0 Å². The zero-order chi connectivity index (χ0) is 18.1. The first-order valence-corrected chi connectivity index (χ1v) is 7.42. The number of rotatable bonds is 6. The first-order valence-electron chi connectivity index (χ1n) is 7.42. The van der Waals surface area contributed by atoms with E-state index in [0.29, 0.717) is 6.04 Å². The number of aliphatic carboxylic acids is 2. The molecule has 0 radical (unpaired) electrons. The lowest BCUT2D eigenvalue weighted by molar-refractivity contribution is -0.165. The van der Waals surface area contributed by atoms with Crippen LogP contribution in [-0.4, -0.2) is 68.8 Å². The number of aliphatic hydroxyl groups is 2. The predicted octanol–water partition coefficient (Wildman–Crippen LogP) is -0.602. The van der Waals surface area contributed by atoms with Gasteiger partial charge in [0.1, 0.15) is 12.4 Å². The van der Waals surface area contributed by atoms with Crippen molar-refractivity contribution in [1.29, 1.82) is 0 Å². The largest absolute Gasteiger partial charge is 0.490 e. The van der Waals surface area contributed by atoms with Crippen LogP contribution in [0.2, 0.25) is 0 Å². The Morgan fingerprint density at radius 1 is 1.33 bits per heavy atom. The van der Waals surface area contributed by atoms with Gasteiger partial charge in [0.25, 0.3) is 0 Å². The number of aliphatic hydroxyl groups excluding tert-OH is 2. The van der Waals surface area contributed by atoms with Gasteiger partial charge in [-0.05, 0) is 38.4 Å². The molecule has 0 aromatic carbocycles. The maximum absolute atomic E-state index is 9.77. The number of aryl methyl sites for hydroxylation is 1. The molecule has 1 aliphatic rings. The summed E-state index contributed by atoms with van der Waals surface area (Å²) in [6.45, 7) is 3.85. The highest BCUT2D eigenvalue weighted by molar-refractivity contribution is 5.83. The molecule has 2 rings (SSSR count). The zero-order valence-electron chi connectivity index (χ0n) is 13.3. The second-order valence-corrected chi connectivity index (χ2v) is 5.26. The van der Waals surface area contributed by atoms with E-state index in [-0.39, 0.29) is 0 Å². The Kier molecular flexibility index (Phi) is 8.10. The Morgan fingerprint density at radius 3 is 2.42 bits per heavy atom. The molecule has 9 heteroatoms. The van der Waals surface area contributed by atoms with E-state index in [2.05, 4.69) is 10.3 Å². The molecule has 1 saturated heterocycles. The molecule has 0 bridgehead atoms. The Morgan fingerprint density at radius 2 is 1.96 bits per heavy atom. The molecule has 3 atom stereocenters. The van der Waals surface area contributed by atoms with Crippen LogP contribution in [0, 0.1) is 6.92 Å². The van der Waals surface area contributed by atoms with Gasteiger partial charge in [0, 0.05) is 12.2 Å². The number of carbonyl (C=O) groups is 2. The maximum Gasteiger partial charge on any atom is 0.335 e. The summed E-state index contributed by atoms with van der Waals surface area (Å²) in [7, 11) is 0. The molecular weight excluding hydrogens is 320 g/mol. The van der Waals surface area contributed by atoms with Crippen molar-refractivity contribution < 1.29 is 34.8 Å². The highest BCUT2D eigenvalue weighted by atomic mass is 16.5. The molecule has 1 aromatic heterocycles. The quantitative estimate of drug-likeness (QED) is 0.456. The van der Waals surface area contributed by atoms with Crippen LogP contribution in [0.1, 0.15) is 18.5 Å². The number of carboxylic acids is 2. The van der Waals surface area contributed by atoms with Gasteiger partial charge in [-0.3, -0.25) is 4.98 Å². The van der Waals surface area contributed by atoms with Gasteiger partial charge < -0.3 is 30.5 Å². The number of pyridine rings is 1. The predicted molar refractivity (Wildman–Crippen MR) is 82.8 cm³/mol. The van der Waals surface area contributed by atoms with Gasteiger partial charge >= 0.3 is 11.9 Å². The van der Waals surface area contributed by atoms with Crippen LogP contribution < -0.4 is 10.1 Å². The van der Waals surface area contributed by atoms with Crippen molar-refractivity contribution in [3.8, 4) is 5.75 Å². The lowest BCUT2D eigenvalue weighted by Crippen LogP contribution is -2.39. The standard InChI is InChI=1S/C11H16N2O.C4H6O6/c1-9-11(5-3-6-12-9)14-8-10-4-2-7-13-10;5-1(3(7)8)2(6)4(9)10/h3,5-6,10,13H,2,4,7-8H2,1H3;1-2,5-6H,(H,7,8)(H,9,10)/t10-;/m0./s1. The molecule has 0 spiro atoms. The molecule has 0 amide bonds. The maximum atomic E-state index is 9.77. The first kappa shape index (κ1) is 19.8. The molecule has 9 nitrogen and oxygen atoms in total. The summed E-state index contributed by atoms with van der Waals surface area (Å²) >= 11 is 0. The van der Waals surface area contributed by atoms with Crippen molar-refractivity contribution >= 4 is 11.9 Å². The van der Waals surface area contributed by atoms with Crippen LogP contribution >= 0.6 is 0 Å². The molecule has 0 aliphatic carbocycles. The van der Waals surface area contributed by atoms with E-state index in [0.717, 1.165) is 24.6 Å². The molecule has 1 aliphatic heterocycles. The van der Waals surface area contributed by atoms with E-state index < -0.39 is 24.1 Å². The minimum Gasteiger partial charge on any atom is -0.490 e. The summed E-state index contributed by atoms with van der Waals surface area (Å²) in [6.07, 6.45) is -0.259. The van der Waals surface area contributed by atoms with Gasteiger partial charge in [0.05, 0.1) is 5.69 Å². The number of hydrogen-bond donors (Lipinski definition) is 5. The van der Waals surface area contributed by atoms with Crippen LogP contribution in [0.4, 0.5) is 0 Å². The topological polar surface area (TPSA) is 149 Å². The highest BCUT2D eigenvalue weighted by Crippen LogP contribution is 2.15. The highest BCUT2D eigenvalue weighted by Gasteiger charge is 2.29. The van der Waals surface area contributed by atoms with E-state index in [4.69, 9.17) is 25.2 Å². The fourth-order valence-electron chi connectivity index (χ4n) is 1.98. The summed E-state index contributed by atoms with van der Waals surface area (Å²) in [5.74, 6) is -2.63. The molecular formula is C15H22N2O7. The minimum atomic E-state index is -2.27. The second kappa shape index (κ2) is 9.81.